The summed E-state index contributed by atoms with van der Waals surface area (Å²) in [4.78, 5) is 16.7. The summed E-state index contributed by atoms with van der Waals surface area (Å²) < 4.78 is 5.06. The fourth-order valence-corrected chi connectivity index (χ4v) is 3.65. The molecular weight excluding hydrogens is 282 g/mol. The first-order chi connectivity index (χ1) is 10.6. The summed E-state index contributed by atoms with van der Waals surface area (Å²) in [6.45, 7) is 3.79. The topological polar surface area (TPSA) is 65.0 Å². The normalized spacial score (nSPS) is 26.9. The zero-order valence-corrected chi connectivity index (χ0v) is 13.6. The second-order valence-corrected chi connectivity index (χ2v) is 7.14. The summed E-state index contributed by atoms with van der Waals surface area (Å²) in [5, 5.41) is 13.5. The highest BCUT2D eigenvalue weighted by atomic mass is 16.5. The minimum atomic E-state index is -0.763. The largest absolute Gasteiger partial charge is 0.387 e. The van der Waals surface area contributed by atoms with E-state index in [1.807, 2.05) is 4.90 Å². The molecule has 0 bridgehead atoms. The molecule has 3 fully saturated rings. The molecule has 126 valence electrons. The number of nitrogens with one attached hydrogen (secondary N) is 1. The van der Waals surface area contributed by atoms with Crippen LogP contribution in [0.1, 0.15) is 38.5 Å². The van der Waals surface area contributed by atoms with Crippen molar-refractivity contribution in [2.45, 2.75) is 56.2 Å². The number of nitrogens with zero attached hydrogens (tertiary/aromatic N) is 2. The van der Waals surface area contributed by atoms with Crippen LogP contribution in [-0.2, 0) is 4.74 Å². The fourth-order valence-electron chi connectivity index (χ4n) is 3.65. The number of carbonyl (C=O) groups excluding carboxylic acids is 1. The van der Waals surface area contributed by atoms with Crippen LogP contribution in [0.15, 0.2) is 0 Å². The Morgan fingerprint density at radius 2 is 1.82 bits per heavy atom. The van der Waals surface area contributed by atoms with Crippen LogP contribution in [0.2, 0.25) is 0 Å². The Bertz CT molecular complexity index is 384. The molecule has 3 rings (SSSR count). The van der Waals surface area contributed by atoms with E-state index in [-0.39, 0.29) is 6.03 Å². The van der Waals surface area contributed by atoms with Crippen molar-refractivity contribution >= 4 is 6.03 Å². The molecular formula is C16H29N3O3. The van der Waals surface area contributed by atoms with Crippen LogP contribution in [0.3, 0.4) is 0 Å². The van der Waals surface area contributed by atoms with E-state index >= 15 is 0 Å². The van der Waals surface area contributed by atoms with E-state index in [0.29, 0.717) is 38.6 Å². The van der Waals surface area contributed by atoms with Gasteiger partial charge in [0.2, 0.25) is 0 Å². The Hall–Kier alpha value is -0.850. The molecule has 0 spiro atoms. The minimum Gasteiger partial charge on any atom is -0.387 e. The third kappa shape index (κ3) is 3.91. The summed E-state index contributed by atoms with van der Waals surface area (Å²) in [5.74, 6) is 0. The van der Waals surface area contributed by atoms with E-state index in [4.69, 9.17) is 4.74 Å². The number of aliphatic hydroxyl groups is 1. The van der Waals surface area contributed by atoms with Crippen LogP contribution in [0, 0.1) is 0 Å². The minimum absolute atomic E-state index is 0.0318. The van der Waals surface area contributed by atoms with Gasteiger partial charge in [0.05, 0.1) is 12.2 Å². The van der Waals surface area contributed by atoms with Crippen LogP contribution in [0.4, 0.5) is 4.79 Å². The molecule has 1 saturated carbocycles. The second kappa shape index (κ2) is 6.72. The molecule has 0 aromatic carbocycles. The van der Waals surface area contributed by atoms with Crippen molar-refractivity contribution in [2.24, 2.45) is 0 Å². The highest BCUT2D eigenvalue weighted by molar-refractivity contribution is 5.74. The second-order valence-electron chi connectivity index (χ2n) is 7.14. The molecule has 2 aliphatic heterocycles. The standard InChI is InChI=1S/C16H29N3O3/c1-22-12-16(21)6-10-19(11-7-16)15(20)17-13-4-8-18(9-5-13)14-2-3-14/h13-14,21H,2-12H2,1H3,(H,17,20). The Morgan fingerprint density at radius 1 is 1.18 bits per heavy atom. The number of carbonyl (C=O) groups is 1. The van der Waals surface area contributed by atoms with Crippen LogP contribution in [0.5, 0.6) is 0 Å². The van der Waals surface area contributed by atoms with Crippen molar-refractivity contribution in [1.82, 2.24) is 15.1 Å². The maximum absolute atomic E-state index is 12.4. The summed E-state index contributed by atoms with van der Waals surface area (Å²) in [7, 11) is 1.60. The van der Waals surface area contributed by atoms with Gasteiger partial charge in [-0.25, -0.2) is 4.79 Å². The van der Waals surface area contributed by atoms with Gasteiger partial charge < -0.3 is 25.0 Å². The SMILES string of the molecule is COCC1(O)CCN(C(=O)NC2CCN(C3CC3)CC2)CC1. The van der Waals surface area contributed by atoms with E-state index in [1.54, 1.807) is 7.11 Å². The van der Waals surface area contributed by atoms with Gasteiger partial charge in [0, 0.05) is 45.4 Å². The van der Waals surface area contributed by atoms with Gasteiger partial charge in [-0.3, -0.25) is 0 Å². The van der Waals surface area contributed by atoms with E-state index in [1.165, 1.54) is 12.8 Å². The zero-order chi connectivity index (χ0) is 15.6. The molecule has 2 heterocycles. The number of likely N-dealkylation sites (tertiary alicyclic amines) is 2. The number of ether oxygens (including phenoxy) is 1. The number of rotatable bonds is 4. The van der Waals surface area contributed by atoms with Crippen molar-refractivity contribution in [1.29, 1.82) is 0 Å². The number of amides is 2. The maximum Gasteiger partial charge on any atom is 0.317 e. The summed E-state index contributed by atoms with van der Waals surface area (Å²) in [6.07, 6.45) is 6.01. The molecule has 1 aliphatic carbocycles. The highest BCUT2D eigenvalue weighted by Crippen LogP contribution is 2.29. The van der Waals surface area contributed by atoms with Gasteiger partial charge in [-0.1, -0.05) is 0 Å². The van der Waals surface area contributed by atoms with Gasteiger partial charge in [-0.2, -0.15) is 0 Å². The molecule has 6 heteroatoms. The first-order valence-corrected chi connectivity index (χ1v) is 8.60. The quantitative estimate of drug-likeness (QED) is 0.806. The zero-order valence-electron chi connectivity index (χ0n) is 13.6. The predicted molar refractivity (Wildman–Crippen MR) is 83.8 cm³/mol. The van der Waals surface area contributed by atoms with E-state index in [9.17, 15) is 9.90 Å². The lowest BCUT2D eigenvalue weighted by Gasteiger charge is -2.39. The first kappa shape index (κ1) is 16.0. The van der Waals surface area contributed by atoms with Gasteiger partial charge in [0.25, 0.3) is 0 Å². The molecule has 2 saturated heterocycles. The summed E-state index contributed by atoms with van der Waals surface area (Å²) in [6, 6.07) is 1.17. The predicted octanol–water partition coefficient (Wildman–Crippen LogP) is 0.796. The van der Waals surface area contributed by atoms with Crippen LogP contribution < -0.4 is 5.32 Å². The number of piperidine rings is 2. The molecule has 3 aliphatic rings. The summed E-state index contributed by atoms with van der Waals surface area (Å²) in [5.41, 5.74) is -0.763. The lowest BCUT2D eigenvalue weighted by atomic mass is 9.92. The van der Waals surface area contributed by atoms with Gasteiger partial charge in [-0.05, 0) is 38.5 Å². The molecule has 6 nitrogen and oxygen atoms in total. The fraction of sp³-hybridized carbons (Fsp3) is 0.938. The van der Waals surface area contributed by atoms with Gasteiger partial charge >= 0.3 is 6.03 Å². The van der Waals surface area contributed by atoms with Crippen LogP contribution in [0.25, 0.3) is 0 Å². The Morgan fingerprint density at radius 3 is 2.36 bits per heavy atom. The van der Waals surface area contributed by atoms with E-state index in [0.717, 1.165) is 32.0 Å². The third-order valence-corrected chi connectivity index (χ3v) is 5.31. The van der Waals surface area contributed by atoms with Crippen molar-refractivity contribution in [3.63, 3.8) is 0 Å². The lowest BCUT2D eigenvalue weighted by Crippen LogP contribution is -2.54. The van der Waals surface area contributed by atoms with Crippen molar-refractivity contribution in [3.8, 4) is 0 Å². The molecule has 0 radical (unpaired) electrons. The molecule has 0 unspecified atom stereocenters. The maximum atomic E-state index is 12.4. The van der Waals surface area contributed by atoms with Gasteiger partial charge in [0.15, 0.2) is 0 Å². The summed E-state index contributed by atoms with van der Waals surface area (Å²) >= 11 is 0. The van der Waals surface area contributed by atoms with Crippen molar-refractivity contribution < 1.29 is 14.6 Å². The van der Waals surface area contributed by atoms with Gasteiger partial charge in [-0.15, -0.1) is 0 Å². The van der Waals surface area contributed by atoms with E-state index < -0.39 is 5.60 Å². The average molecular weight is 311 g/mol. The number of hydrogen-bond donors (Lipinski definition) is 2. The molecule has 0 atom stereocenters. The third-order valence-electron chi connectivity index (χ3n) is 5.31. The number of methoxy groups -OCH3 is 1. The van der Waals surface area contributed by atoms with Crippen LogP contribution >= 0.6 is 0 Å². The molecule has 0 aromatic rings. The molecule has 2 amide bonds. The molecule has 0 aromatic heterocycles. The first-order valence-electron chi connectivity index (χ1n) is 8.60. The van der Waals surface area contributed by atoms with Crippen molar-refractivity contribution in [3.05, 3.63) is 0 Å². The average Bonchev–Trinajstić information content (AvgIpc) is 3.33. The Balaban J connectivity index is 1.39. The smallest absolute Gasteiger partial charge is 0.317 e. The molecule has 2 N–H and O–H groups in total. The van der Waals surface area contributed by atoms with Crippen molar-refractivity contribution in [2.75, 3.05) is 39.9 Å². The number of hydrogen-bond acceptors (Lipinski definition) is 4. The Kier molecular flexibility index (Phi) is 4.90. The highest BCUT2D eigenvalue weighted by Gasteiger charge is 2.35. The van der Waals surface area contributed by atoms with E-state index in [2.05, 4.69) is 10.2 Å². The number of urea groups is 1. The molecule has 22 heavy (non-hydrogen) atoms. The van der Waals surface area contributed by atoms with Gasteiger partial charge in [0.1, 0.15) is 0 Å². The Labute approximate surface area is 132 Å². The lowest BCUT2D eigenvalue weighted by molar-refractivity contribution is -0.0649. The monoisotopic (exact) mass is 311 g/mol. The van der Waals surface area contributed by atoms with Crippen LogP contribution in [-0.4, -0.2) is 78.5 Å².